The van der Waals surface area contributed by atoms with Gasteiger partial charge in [-0.05, 0) is 68.6 Å². The highest BCUT2D eigenvalue weighted by atomic mass is 16.5. The smallest absolute Gasteiger partial charge is 0.222 e. The summed E-state index contributed by atoms with van der Waals surface area (Å²) in [4.78, 5) is 29.3. The minimum absolute atomic E-state index is 0.138. The molecule has 1 aromatic rings. The van der Waals surface area contributed by atoms with Crippen LogP contribution in [0.25, 0.3) is 0 Å². The lowest BCUT2D eigenvalue weighted by Gasteiger charge is -2.46. The molecule has 0 radical (unpaired) electrons. The molecule has 3 aliphatic heterocycles. The molecule has 1 atom stereocenters. The van der Waals surface area contributed by atoms with Gasteiger partial charge in [0.2, 0.25) is 11.8 Å². The van der Waals surface area contributed by atoms with Crippen molar-refractivity contribution in [2.24, 2.45) is 5.92 Å². The van der Waals surface area contributed by atoms with E-state index in [9.17, 15) is 9.59 Å². The highest BCUT2D eigenvalue weighted by molar-refractivity contribution is 5.77. The quantitative estimate of drug-likeness (QED) is 0.697. The molecule has 170 valence electrons. The lowest BCUT2D eigenvalue weighted by atomic mass is 9.78. The van der Waals surface area contributed by atoms with E-state index < -0.39 is 0 Å². The molecular formula is C25H36N2O4. The second kappa shape index (κ2) is 10.0. The summed E-state index contributed by atoms with van der Waals surface area (Å²) in [6, 6.07) is 7.93. The number of benzene rings is 1. The molecule has 2 amide bonds. The van der Waals surface area contributed by atoms with Crippen molar-refractivity contribution in [3.05, 3.63) is 29.8 Å². The molecule has 0 aromatic heterocycles. The topological polar surface area (TPSA) is 59.1 Å². The standard InChI is InChI=1S/C25H36N2O4/c1-30-22-7-4-20(5-8-22)6-9-23(28)27-15-11-25(12-16-27)19-21(10-17-31-25)18-24(29)26-13-2-3-14-26/h4-5,7-8,21H,2-3,6,9-19H2,1H3. The molecular weight excluding hydrogens is 392 g/mol. The number of aryl methyl sites for hydroxylation is 1. The Labute approximate surface area is 185 Å². The average molecular weight is 429 g/mol. The van der Waals surface area contributed by atoms with Crippen LogP contribution in [0.4, 0.5) is 0 Å². The normalized spacial score (nSPS) is 23.2. The third kappa shape index (κ3) is 5.59. The molecule has 0 saturated carbocycles. The molecule has 6 nitrogen and oxygen atoms in total. The van der Waals surface area contributed by atoms with Crippen molar-refractivity contribution >= 4 is 11.8 Å². The fourth-order valence-corrected chi connectivity index (χ4v) is 5.36. The van der Waals surface area contributed by atoms with Crippen molar-refractivity contribution in [2.75, 3.05) is 39.9 Å². The molecule has 31 heavy (non-hydrogen) atoms. The van der Waals surface area contributed by atoms with Gasteiger partial charge in [-0.1, -0.05) is 12.1 Å². The number of carbonyl (C=O) groups is 2. The van der Waals surface area contributed by atoms with Crippen LogP contribution in [-0.2, 0) is 20.7 Å². The van der Waals surface area contributed by atoms with Gasteiger partial charge < -0.3 is 19.3 Å². The van der Waals surface area contributed by atoms with Gasteiger partial charge in [-0.15, -0.1) is 0 Å². The van der Waals surface area contributed by atoms with Gasteiger partial charge in [-0.3, -0.25) is 9.59 Å². The molecule has 0 aliphatic carbocycles. The first kappa shape index (κ1) is 22.1. The van der Waals surface area contributed by atoms with Gasteiger partial charge in [0.1, 0.15) is 5.75 Å². The Hall–Kier alpha value is -2.08. The zero-order valence-electron chi connectivity index (χ0n) is 18.8. The van der Waals surface area contributed by atoms with Gasteiger partial charge >= 0.3 is 0 Å². The second-order valence-corrected chi connectivity index (χ2v) is 9.41. The van der Waals surface area contributed by atoms with Gasteiger partial charge in [0.05, 0.1) is 12.7 Å². The summed E-state index contributed by atoms with van der Waals surface area (Å²) in [6.07, 6.45) is 7.94. The molecule has 4 rings (SSSR count). The third-order valence-electron chi connectivity index (χ3n) is 7.33. The molecule has 1 unspecified atom stereocenters. The van der Waals surface area contributed by atoms with E-state index in [-0.39, 0.29) is 11.5 Å². The second-order valence-electron chi connectivity index (χ2n) is 9.41. The van der Waals surface area contributed by atoms with E-state index in [2.05, 4.69) is 0 Å². The van der Waals surface area contributed by atoms with Crippen LogP contribution in [0, 0.1) is 5.92 Å². The number of hydrogen-bond acceptors (Lipinski definition) is 4. The molecule has 0 N–H and O–H groups in total. The highest BCUT2D eigenvalue weighted by Gasteiger charge is 2.41. The predicted octanol–water partition coefficient (Wildman–Crippen LogP) is 3.43. The van der Waals surface area contributed by atoms with Gasteiger partial charge in [0.25, 0.3) is 0 Å². The third-order valence-corrected chi connectivity index (χ3v) is 7.33. The summed E-state index contributed by atoms with van der Waals surface area (Å²) in [5.41, 5.74) is 1.02. The first-order chi connectivity index (χ1) is 15.1. The molecule has 6 heteroatoms. The summed E-state index contributed by atoms with van der Waals surface area (Å²) in [5, 5.41) is 0. The average Bonchev–Trinajstić information content (AvgIpc) is 3.34. The summed E-state index contributed by atoms with van der Waals surface area (Å²) in [6.45, 7) is 4.12. The fourth-order valence-electron chi connectivity index (χ4n) is 5.36. The van der Waals surface area contributed by atoms with Crippen LogP contribution in [0.1, 0.15) is 56.9 Å². The lowest BCUT2D eigenvalue weighted by molar-refractivity contribution is -0.149. The number of likely N-dealkylation sites (tertiary alicyclic amines) is 2. The van der Waals surface area contributed by atoms with Crippen molar-refractivity contribution < 1.29 is 19.1 Å². The molecule has 3 fully saturated rings. The molecule has 1 aromatic carbocycles. The monoisotopic (exact) mass is 428 g/mol. The van der Waals surface area contributed by atoms with Crippen molar-refractivity contribution in [3.8, 4) is 5.75 Å². The number of hydrogen-bond donors (Lipinski definition) is 0. The Balaban J connectivity index is 1.23. The number of ether oxygens (including phenoxy) is 2. The van der Waals surface area contributed by atoms with Crippen LogP contribution in [0.3, 0.4) is 0 Å². The lowest BCUT2D eigenvalue weighted by Crippen LogP contribution is -2.51. The van der Waals surface area contributed by atoms with E-state index >= 15 is 0 Å². The van der Waals surface area contributed by atoms with Crippen molar-refractivity contribution in [2.45, 2.75) is 63.4 Å². The van der Waals surface area contributed by atoms with Crippen molar-refractivity contribution in [1.29, 1.82) is 0 Å². The van der Waals surface area contributed by atoms with Crippen LogP contribution in [-0.4, -0.2) is 67.1 Å². The minimum Gasteiger partial charge on any atom is -0.497 e. The molecule has 1 spiro atoms. The van der Waals surface area contributed by atoms with Crippen LogP contribution in [0.2, 0.25) is 0 Å². The number of amides is 2. The molecule has 0 bridgehead atoms. The maximum Gasteiger partial charge on any atom is 0.222 e. The predicted molar refractivity (Wildman–Crippen MR) is 119 cm³/mol. The molecule has 3 aliphatic rings. The van der Waals surface area contributed by atoms with Crippen LogP contribution in [0.15, 0.2) is 24.3 Å². The zero-order chi connectivity index (χ0) is 21.7. The first-order valence-corrected chi connectivity index (χ1v) is 11.9. The first-order valence-electron chi connectivity index (χ1n) is 11.9. The molecule has 3 saturated heterocycles. The Morgan fingerprint density at radius 1 is 1.03 bits per heavy atom. The number of piperidine rings is 1. The summed E-state index contributed by atoms with van der Waals surface area (Å²) >= 11 is 0. The van der Waals surface area contributed by atoms with E-state index in [1.54, 1.807) is 7.11 Å². The van der Waals surface area contributed by atoms with Crippen LogP contribution >= 0.6 is 0 Å². The summed E-state index contributed by atoms with van der Waals surface area (Å²) in [5.74, 6) is 1.80. The maximum absolute atomic E-state index is 12.7. The van der Waals surface area contributed by atoms with Gasteiger partial charge in [-0.2, -0.15) is 0 Å². The highest BCUT2D eigenvalue weighted by Crippen LogP contribution is 2.39. The van der Waals surface area contributed by atoms with Gasteiger partial charge in [-0.25, -0.2) is 0 Å². The zero-order valence-corrected chi connectivity index (χ0v) is 18.8. The Kier molecular flexibility index (Phi) is 7.16. The van der Waals surface area contributed by atoms with E-state index in [1.165, 1.54) is 0 Å². The fraction of sp³-hybridized carbons (Fsp3) is 0.680. The van der Waals surface area contributed by atoms with Gasteiger partial charge in [0, 0.05) is 45.6 Å². The number of carbonyl (C=O) groups excluding carboxylic acids is 2. The maximum atomic E-state index is 12.7. The summed E-state index contributed by atoms with van der Waals surface area (Å²) in [7, 11) is 1.66. The van der Waals surface area contributed by atoms with Crippen molar-refractivity contribution in [3.63, 3.8) is 0 Å². The Morgan fingerprint density at radius 3 is 2.39 bits per heavy atom. The van der Waals surface area contributed by atoms with Gasteiger partial charge in [0.15, 0.2) is 0 Å². The van der Waals surface area contributed by atoms with Crippen LogP contribution in [0.5, 0.6) is 5.75 Å². The molecule has 3 heterocycles. The van der Waals surface area contributed by atoms with E-state index in [0.29, 0.717) is 24.7 Å². The van der Waals surface area contributed by atoms with Crippen molar-refractivity contribution in [1.82, 2.24) is 9.80 Å². The number of methoxy groups -OCH3 is 1. The van der Waals surface area contributed by atoms with Crippen LogP contribution < -0.4 is 4.74 Å². The van der Waals surface area contributed by atoms with E-state index in [1.807, 2.05) is 34.1 Å². The van der Waals surface area contributed by atoms with E-state index in [4.69, 9.17) is 9.47 Å². The van der Waals surface area contributed by atoms with E-state index in [0.717, 1.165) is 89.0 Å². The number of rotatable bonds is 6. The summed E-state index contributed by atoms with van der Waals surface area (Å²) < 4.78 is 11.4. The largest absolute Gasteiger partial charge is 0.497 e. The Bertz CT molecular complexity index is 749. The SMILES string of the molecule is COc1ccc(CCC(=O)N2CCC3(CC2)CC(CC(=O)N2CCCC2)CCO3)cc1. The minimum atomic E-state index is -0.138. The Morgan fingerprint density at radius 2 is 1.71 bits per heavy atom. The number of nitrogens with zero attached hydrogens (tertiary/aromatic N) is 2.